The summed E-state index contributed by atoms with van der Waals surface area (Å²) in [7, 11) is 0. The van der Waals surface area contributed by atoms with Gasteiger partial charge in [0.25, 0.3) is 0 Å². The van der Waals surface area contributed by atoms with E-state index in [4.69, 9.17) is 8.83 Å². The number of rotatable bonds is 0. The van der Waals surface area contributed by atoms with Gasteiger partial charge in [0.15, 0.2) is 16.7 Å². The van der Waals surface area contributed by atoms with Crippen molar-refractivity contribution in [1.29, 1.82) is 0 Å². The average Bonchev–Trinajstić information content (AvgIpc) is 2.34. The Hall–Kier alpha value is -1.96. The first-order valence-electron chi connectivity index (χ1n) is 5.42. The number of phenolic OH excluding ortho intramolecular Hbond substituents is 1. The number of nitrogens with one attached hydrogen (secondary N) is 1. The third-order valence-corrected chi connectivity index (χ3v) is 3.17. The molecule has 0 amide bonds. The topological polar surface area (TPSA) is 79.4 Å². The highest BCUT2D eigenvalue weighted by Crippen LogP contribution is 2.25. The summed E-state index contributed by atoms with van der Waals surface area (Å²) in [5.74, 6) is -0.744. The van der Waals surface area contributed by atoms with Gasteiger partial charge in [0.05, 0.1) is 0 Å². The Bertz CT molecular complexity index is 873. The number of aromatic nitrogens is 1. The molecule has 0 bridgehead atoms. The number of aromatic hydroxyl groups is 1. The van der Waals surface area contributed by atoms with Crippen LogP contribution < -0.4 is 5.76 Å². The summed E-state index contributed by atoms with van der Waals surface area (Å²) in [6.07, 6.45) is 0. The molecule has 0 aliphatic heterocycles. The third kappa shape index (κ3) is 2.30. The van der Waals surface area contributed by atoms with Gasteiger partial charge in [0.2, 0.25) is 0 Å². The van der Waals surface area contributed by atoms with Crippen LogP contribution in [0.5, 0.6) is 5.75 Å². The van der Waals surface area contributed by atoms with Gasteiger partial charge in [-0.15, -0.1) is 0 Å². The van der Waals surface area contributed by atoms with E-state index in [1.54, 1.807) is 30.3 Å². The smallest absolute Gasteiger partial charge is 0.417 e. The second-order valence-corrected chi connectivity index (χ2v) is 5.11. The van der Waals surface area contributed by atoms with Crippen molar-refractivity contribution in [3.8, 4) is 5.75 Å². The minimum Gasteiger partial charge on any atom is -0.506 e. The largest absolute Gasteiger partial charge is 0.506 e. The first-order chi connectivity index (χ1) is 9.13. The van der Waals surface area contributed by atoms with E-state index in [0.29, 0.717) is 16.7 Å². The normalized spacial score (nSPS) is 10.8. The van der Waals surface area contributed by atoms with E-state index in [0.717, 1.165) is 3.57 Å². The van der Waals surface area contributed by atoms with Crippen molar-refractivity contribution in [1.82, 2.24) is 4.98 Å². The van der Waals surface area contributed by atoms with E-state index < -0.39 is 5.76 Å². The first kappa shape index (κ1) is 12.1. The molecule has 0 aliphatic rings. The Morgan fingerprint density at radius 1 is 1.05 bits per heavy atom. The Kier molecular flexibility index (Phi) is 2.94. The van der Waals surface area contributed by atoms with E-state index in [2.05, 4.69) is 27.6 Å². The quantitative estimate of drug-likeness (QED) is 0.596. The lowest BCUT2D eigenvalue weighted by molar-refractivity contribution is 0.475. The monoisotopic (exact) mass is 369 g/mol. The highest BCUT2D eigenvalue weighted by Gasteiger charge is 2.05. The molecule has 0 fully saturated rings. The minimum absolute atomic E-state index is 0.0711. The molecular weight excluding hydrogens is 361 g/mol. The SMILES string of the molecule is O=c1[nH]c2c(O)cc(I)cc2oc2ccccc2o1. The highest BCUT2D eigenvalue weighted by molar-refractivity contribution is 14.1. The minimum atomic E-state index is -0.673. The van der Waals surface area contributed by atoms with Crippen LogP contribution >= 0.6 is 22.6 Å². The second kappa shape index (κ2) is 4.61. The molecule has 0 saturated heterocycles. The molecule has 0 aliphatic carbocycles. The number of H-pyrrole nitrogens is 1. The second-order valence-electron chi connectivity index (χ2n) is 3.86. The van der Waals surface area contributed by atoms with Crippen molar-refractivity contribution in [2.75, 3.05) is 0 Å². The number of benzene rings is 2. The van der Waals surface area contributed by atoms with Gasteiger partial charge in [-0.2, -0.15) is 0 Å². The molecule has 0 unspecified atom stereocenters. The van der Waals surface area contributed by atoms with Crippen molar-refractivity contribution in [3.05, 3.63) is 50.5 Å². The summed E-state index contributed by atoms with van der Waals surface area (Å²) in [6, 6.07) is 10.1. The van der Waals surface area contributed by atoms with E-state index in [-0.39, 0.29) is 11.3 Å². The van der Waals surface area contributed by atoms with Gasteiger partial charge in [-0.05, 0) is 46.9 Å². The fourth-order valence-electron chi connectivity index (χ4n) is 1.74. The molecular formula is C13H8INO4. The number of halogens is 1. The van der Waals surface area contributed by atoms with Crippen LogP contribution in [0.4, 0.5) is 0 Å². The molecule has 96 valence electrons. The van der Waals surface area contributed by atoms with Gasteiger partial charge in [0, 0.05) is 3.57 Å². The fourth-order valence-corrected chi connectivity index (χ4v) is 2.32. The first-order valence-corrected chi connectivity index (χ1v) is 6.49. The average molecular weight is 369 g/mol. The molecule has 3 aromatic rings. The lowest BCUT2D eigenvalue weighted by Gasteiger charge is -2.00. The zero-order valence-corrected chi connectivity index (χ0v) is 11.7. The van der Waals surface area contributed by atoms with E-state index in [9.17, 15) is 9.90 Å². The zero-order chi connectivity index (χ0) is 13.4. The van der Waals surface area contributed by atoms with Crippen LogP contribution in [-0.4, -0.2) is 10.1 Å². The third-order valence-electron chi connectivity index (χ3n) is 2.54. The number of fused-ring (bicyclic) bond motifs is 2. The van der Waals surface area contributed by atoms with Crippen LogP contribution in [0.1, 0.15) is 0 Å². The molecule has 3 rings (SSSR count). The summed E-state index contributed by atoms with van der Waals surface area (Å²) < 4.78 is 11.6. The number of para-hydroxylation sites is 2. The van der Waals surface area contributed by atoms with Gasteiger partial charge >= 0.3 is 5.76 Å². The van der Waals surface area contributed by atoms with Crippen molar-refractivity contribution < 1.29 is 13.9 Å². The predicted octanol–water partition coefficient (Wildman–Crippen LogP) is 3.30. The zero-order valence-electron chi connectivity index (χ0n) is 9.51. The maximum Gasteiger partial charge on any atom is 0.417 e. The molecule has 1 aromatic heterocycles. The molecule has 19 heavy (non-hydrogen) atoms. The van der Waals surface area contributed by atoms with Crippen LogP contribution in [0.2, 0.25) is 0 Å². The van der Waals surface area contributed by atoms with Crippen LogP contribution in [0.15, 0.2) is 50.0 Å². The maximum atomic E-state index is 11.7. The van der Waals surface area contributed by atoms with Crippen molar-refractivity contribution in [3.63, 3.8) is 0 Å². The molecule has 6 heteroatoms. The van der Waals surface area contributed by atoms with E-state index in [1.807, 2.05) is 0 Å². The Balaban J connectivity index is 2.61. The molecule has 5 nitrogen and oxygen atoms in total. The van der Waals surface area contributed by atoms with Crippen LogP contribution in [0.25, 0.3) is 22.3 Å². The van der Waals surface area contributed by atoms with Gasteiger partial charge in [-0.1, -0.05) is 12.1 Å². The molecule has 2 N–H and O–H groups in total. The molecule has 0 atom stereocenters. The van der Waals surface area contributed by atoms with Crippen molar-refractivity contribution in [2.45, 2.75) is 0 Å². The Morgan fingerprint density at radius 2 is 1.74 bits per heavy atom. The van der Waals surface area contributed by atoms with Crippen molar-refractivity contribution in [2.24, 2.45) is 0 Å². The maximum absolute atomic E-state index is 11.7. The lowest BCUT2D eigenvalue weighted by atomic mass is 10.3. The van der Waals surface area contributed by atoms with Crippen LogP contribution in [-0.2, 0) is 0 Å². The lowest BCUT2D eigenvalue weighted by Crippen LogP contribution is -2.01. The molecule has 0 radical (unpaired) electrons. The molecule has 2 aromatic carbocycles. The predicted molar refractivity (Wildman–Crippen MR) is 78.6 cm³/mol. The summed E-state index contributed by atoms with van der Waals surface area (Å²) in [5.41, 5.74) is 1.30. The van der Waals surface area contributed by atoms with Crippen molar-refractivity contribution >= 4 is 44.9 Å². The number of hydrogen-bond donors (Lipinski definition) is 2. The summed E-state index contributed by atoms with van der Waals surface area (Å²) in [6.45, 7) is 0. The van der Waals surface area contributed by atoms with Gasteiger partial charge in [-0.3, -0.25) is 4.98 Å². The summed E-state index contributed by atoms with van der Waals surface area (Å²) in [4.78, 5) is 14.2. The van der Waals surface area contributed by atoms with Crippen LogP contribution in [0, 0.1) is 3.57 Å². The number of aromatic amines is 1. The molecule has 0 saturated carbocycles. The van der Waals surface area contributed by atoms with Gasteiger partial charge < -0.3 is 13.9 Å². The number of hydrogen-bond acceptors (Lipinski definition) is 4. The standard InChI is InChI=1S/C13H8INO4/c14-7-5-8(16)12-11(6-7)18-9-3-1-2-4-10(9)19-13(17)15-12/h1-6,16H,(H,15,17). The Labute approximate surface area is 120 Å². The molecule has 1 heterocycles. The van der Waals surface area contributed by atoms with Crippen LogP contribution in [0.3, 0.4) is 0 Å². The molecule has 0 spiro atoms. The number of phenols is 1. The Morgan fingerprint density at radius 3 is 2.47 bits per heavy atom. The van der Waals surface area contributed by atoms with Gasteiger partial charge in [-0.25, -0.2) is 4.79 Å². The fraction of sp³-hybridized carbons (Fsp3) is 0. The van der Waals surface area contributed by atoms with Gasteiger partial charge in [0.1, 0.15) is 11.3 Å². The van der Waals surface area contributed by atoms with E-state index in [1.165, 1.54) is 6.07 Å². The summed E-state index contributed by atoms with van der Waals surface area (Å²) >= 11 is 2.05. The summed E-state index contributed by atoms with van der Waals surface area (Å²) in [5, 5.41) is 9.86. The highest BCUT2D eigenvalue weighted by atomic mass is 127. The van der Waals surface area contributed by atoms with E-state index >= 15 is 0 Å².